The van der Waals surface area contributed by atoms with Crippen LogP contribution in [0.1, 0.15) is 31.1 Å². The van der Waals surface area contributed by atoms with Crippen molar-refractivity contribution in [2.24, 2.45) is 0 Å². The maximum Gasteiger partial charge on any atom is 0.152 e. The van der Waals surface area contributed by atoms with Crippen molar-refractivity contribution in [3.63, 3.8) is 0 Å². The minimum atomic E-state index is 0.119. The molecule has 86 valence electrons. The molecule has 0 unspecified atom stereocenters. The molecule has 0 saturated heterocycles. The number of benzene rings is 1. The van der Waals surface area contributed by atoms with Gasteiger partial charge in [-0.15, -0.1) is 0 Å². The summed E-state index contributed by atoms with van der Waals surface area (Å²) in [7, 11) is 0. The standard InChI is InChI=1S/C14H18OS/c1-3-16-14(11-7-8-12(2)15)13-9-5-4-6-10-13/h4-10,14H,3,11H2,1-2H3/b8-7+/t14-/m1/s1. The molecule has 0 saturated carbocycles. The molecule has 1 aromatic carbocycles. The summed E-state index contributed by atoms with van der Waals surface area (Å²) in [6.07, 6.45) is 4.55. The second kappa shape index (κ2) is 7.29. The quantitative estimate of drug-likeness (QED) is 0.692. The number of carbonyl (C=O) groups excluding carboxylic acids is 1. The van der Waals surface area contributed by atoms with Crippen molar-refractivity contribution in [2.45, 2.75) is 25.5 Å². The normalized spacial score (nSPS) is 12.9. The number of hydrogen-bond donors (Lipinski definition) is 0. The highest BCUT2D eigenvalue weighted by Crippen LogP contribution is 2.31. The summed E-state index contributed by atoms with van der Waals surface area (Å²) in [5.74, 6) is 1.21. The minimum Gasteiger partial charge on any atom is -0.295 e. The van der Waals surface area contributed by atoms with Crippen molar-refractivity contribution in [3.8, 4) is 0 Å². The van der Waals surface area contributed by atoms with Gasteiger partial charge in [-0.3, -0.25) is 4.79 Å². The van der Waals surface area contributed by atoms with E-state index in [0.29, 0.717) is 5.25 Å². The van der Waals surface area contributed by atoms with Crippen molar-refractivity contribution in [3.05, 3.63) is 48.0 Å². The predicted octanol–water partition coefficient (Wildman–Crippen LogP) is 4.02. The Morgan fingerprint density at radius 3 is 2.62 bits per heavy atom. The molecule has 0 aliphatic carbocycles. The molecule has 0 bridgehead atoms. The minimum absolute atomic E-state index is 0.119. The zero-order valence-corrected chi connectivity index (χ0v) is 10.7. The van der Waals surface area contributed by atoms with E-state index in [1.165, 1.54) is 5.56 Å². The molecule has 1 nitrogen and oxygen atoms in total. The van der Waals surface area contributed by atoms with Gasteiger partial charge in [-0.2, -0.15) is 11.8 Å². The lowest BCUT2D eigenvalue weighted by Gasteiger charge is -2.13. The van der Waals surface area contributed by atoms with Gasteiger partial charge >= 0.3 is 0 Å². The largest absolute Gasteiger partial charge is 0.295 e. The highest BCUT2D eigenvalue weighted by Gasteiger charge is 2.08. The van der Waals surface area contributed by atoms with Crippen LogP contribution in [0.2, 0.25) is 0 Å². The molecule has 1 aromatic rings. The summed E-state index contributed by atoms with van der Waals surface area (Å²) < 4.78 is 0. The number of thioether (sulfide) groups is 1. The Kier molecular flexibility index (Phi) is 5.94. The first-order valence-corrected chi connectivity index (χ1v) is 6.62. The first-order chi connectivity index (χ1) is 7.74. The van der Waals surface area contributed by atoms with Crippen LogP contribution in [0.15, 0.2) is 42.5 Å². The van der Waals surface area contributed by atoms with E-state index in [4.69, 9.17) is 0 Å². The third-order valence-electron chi connectivity index (χ3n) is 2.24. The van der Waals surface area contributed by atoms with Crippen LogP contribution in [0.4, 0.5) is 0 Å². The monoisotopic (exact) mass is 234 g/mol. The Hall–Kier alpha value is -1.02. The van der Waals surface area contributed by atoms with E-state index in [9.17, 15) is 4.79 Å². The molecule has 0 heterocycles. The van der Waals surface area contributed by atoms with Crippen LogP contribution in [0, 0.1) is 0 Å². The number of rotatable bonds is 6. The third kappa shape index (κ3) is 4.67. The smallest absolute Gasteiger partial charge is 0.152 e. The van der Waals surface area contributed by atoms with Gasteiger partial charge in [0.1, 0.15) is 0 Å². The van der Waals surface area contributed by atoms with Crippen LogP contribution in [0.3, 0.4) is 0 Å². The van der Waals surface area contributed by atoms with E-state index in [1.807, 2.05) is 23.9 Å². The third-order valence-corrected chi connectivity index (χ3v) is 3.44. The zero-order valence-electron chi connectivity index (χ0n) is 9.85. The van der Waals surface area contributed by atoms with Gasteiger partial charge < -0.3 is 0 Å². The molecule has 2 heteroatoms. The fourth-order valence-electron chi connectivity index (χ4n) is 1.53. The molecule has 0 aliphatic heterocycles. The maximum absolute atomic E-state index is 10.8. The maximum atomic E-state index is 10.8. The van der Waals surface area contributed by atoms with Crippen molar-refractivity contribution in [1.82, 2.24) is 0 Å². The SMILES string of the molecule is CCS[C@H](C/C=C/C(C)=O)c1ccccc1. The molecule has 0 N–H and O–H groups in total. The van der Waals surface area contributed by atoms with Crippen LogP contribution in [0.5, 0.6) is 0 Å². The number of ketones is 1. The molecular weight excluding hydrogens is 216 g/mol. The lowest BCUT2D eigenvalue weighted by Crippen LogP contribution is -1.93. The average molecular weight is 234 g/mol. The van der Waals surface area contributed by atoms with Gasteiger partial charge in [-0.1, -0.05) is 43.3 Å². The van der Waals surface area contributed by atoms with E-state index in [2.05, 4.69) is 31.2 Å². The summed E-state index contributed by atoms with van der Waals surface area (Å²) in [5.41, 5.74) is 1.34. The second-order valence-corrected chi connectivity index (χ2v) is 5.08. The fourth-order valence-corrected chi connectivity index (χ4v) is 2.53. The van der Waals surface area contributed by atoms with E-state index < -0.39 is 0 Å². The summed E-state index contributed by atoms with van der Waals surface area (Å²) in [5, 5.41) is 0.460. The average Bonchev–Trinajstić information content (AvgIpc) is 2.29. The van der Waals surface area contributed by atoms with Crippen LogP contribution < -0.4 is 0 Å². The molecule has 0 spiro atoms. The van der Waals surface area contributed by atoms with E-state index >= 15 is 0 Å². The van der Waals surface area contributed by atoms with Gasteiger partial charge in [0, 0.05) is 5.25 Å². The molecule has 1 atom stereocenters. The second-order valence-electron chi connectivity index (χ2n) is 3.60. The first kappa shape index (κ1) is 13.0. The number of carbonyl (C=O) groups is 1. The van der Waals surface area contributed by atoms with Gasteiger partial charge in [0.15, 0.2) is 5.78 Å². The lowest BCUT2D eigenvalue weighted by molar-refractivity contribution is -0.112. The molecule has 0 aliphatic rings. The van der Waals surface area contributed by atoms with Gasteiger partial charge in [0.2, 0.25) is 0 Å². The Morgan fingerprint density at radius 1 is 1.38 bits per heavy atom. The van der Waals surface area contributed by atoms with Crippen LogP contribution >= 0.6 is 11.8 Å². The Morgan fingerprint density at radius 2 is 2.06 bits per heavy atom. The van der Waals surface area contributed by atoms with Crippen LogP contribution in [-0.4, -0.2) is 11.5 Å². The van der Waals surface area contributed by atoms with Gasteiger partial charge in [-0.25, -0.2) is 0 Å². The van der Waals surface area contributed by atoms with Crippen LogP contribution in [0.25, 0.3) is 0 Å². The van der Waals surface area contributed by atoms with Crippen molar-refractivity contribution < 1.29 is 4.79 Å². The number of allylic oxidation sites excluding steroid dienone is 2. The van der Waals surface area contributed by atoms with Crippen molar-refractivity contribution in [2.75, 3.05) is 5.75 Å². The number of hydrogen-bond acceptors (Lipinski definition) is 2. The highest BCUT2D eigenvalue weighted by atomic mass is 32.2. The summed E-state index contributed by atoms with van der Waals surface area (Å²) in [6, 6.07) is 10.5. The molecule has 0 radical (unpaired) electrons. The molecular formula is C14H18OS. The highest BCUT2D eigenvalue weighted by molar-refractivity contribution is 7.99. The van der Waals surface area contributed by atoms with Gasteiger partial charge in [0.05, 0.1) is 0 Å². The predicted molar refractivity (Wildman–Crippen MR) is 71.8 cm³/mol. The van der Waals surface area contributed by atoms with Crippen molar-refractivity contribution >= 4 is 17.5 Å². The zero-order chi connectivity index (χ0) is 11.8. The molecule has 0 amide bonds. The molecule has 16 heavy (non-hydrogen) atoms. The molecule has 0 aromatic heterocycles. The molecule has 0 fully saturated rings. The van der Waals surface area contributed by atoms with Crippen LogP contribution in [-0.2, 0) is 4.79 Å². The Bertz CT molecular complexity index is 343. The topological polar surface area (TPSA) is 17.1 Å². The van der Waals surface area contributed by atoms with E-state index in [1.54, 1.807) is 13.0 Å². The summed E-state index contributed by atoms with van der Waals surface area (Å²) in [4.78, 5) is 10.8. The Labute approximate surface area is 102 Å². The van der Waals surface area contributed by atoms with Gasteiger partial charge in [0.25, 0.3) is 0 Å². The molecule has 1 rings (SSSR count). The van der Waals surface area contributed by atoms with Crippen molar-refractivity contribution in [1.29, 1.82) is 0 Å². The summed E-state index contributed by atoms with van der Waals surface area (Å²) >= 11 is 1.92. The fraction of sp³-hybridized carbons (Fsp3) is 0.357. The lowest BCUT2D eigenvalue weighted by atomic mass is 10.1. The first-order valence-electron chi connectivity index (χ1n) is 5.57. The van der Waals surface area contributed by atoms with E-state index in [0.717, 1.165) is 12.2 Å². The van der Waals surface area contributed by atoms with E-state index in [-0.39, 0.29) is 5.78 Å². The summed E-state index contributed by atoms with van der Waals surface area (Å²) in [6.45, 7) is 3.75. The Balaban J connectivity index is 2.64. The van der Waals surface area contributed by atoms with Gasteiger partial charge in [-0.05, 0) is 30.7 Å².